The SMILES string of the molecule is Cc1ccc(COc2ccc(/C=C(/C#N)c3ccc(Br)cc3)cc2)cc1. The van der Waals surface area contributed by atoms with Gasteiger partial charge in [-0.3, -0.25) is 0 Å². The predicted molar refractivity (Wildman–Crippen MR) is 110 cm³/mol. The third kappa shape index (κ3) is 4.84. The number of nitrogens with zero attached hydrogens (tertiary/aromatic N) is 1. The maximum Gasteiger partial charge on any atom is 0.119 e. The van der Waals surface area contributed by atoms with Gasteiger partial charge in [0.05, 0.1) is 11.6 Å². The minimum absolute atomic E-state index is 0.539. The van der Waals surface area contributed by atoms with Crippen LogP contribution in [0.25, 0.3) is 11.6 Å². The molecule has 0 bridgehead atoms. The normalized spacial score (nSPS) is 11.0. The number of aryl methyl sites for hydroxylation is 1. The van der Waals surface area contributed by atoms with Gasteiger partial charge >= 0.3 is 0 Å². The highest BCUT2D eigenvalue weighted by molar-refractivity contribution is 9.10. The van der Waals surface area contributed by atoms with Crippen LogP contribution in [0.15, 0.2) is 77.3 Å². The van der Waals surface area contributed by atoms with Crippen LogP contribution >= 0.6 is 15.9 Å². The lowest BCUT2D eigenvalue weighted by Gasteiger charge is -2.07. The van der Waals surface area contributed by atoms with E-state index in [0.29, 0.717) is 12.2 Å². The maximum atomic E-state index is 9.44. The first-order valence-electron chi connectivity index (χ1n) is 8.30. The molecule has 0 radical (unpaired) electrons. The van der Waals surface area contributed by atoms with E-state index in [9.17, 15) is 5.26 Å². The van der Waals surface area contributed by atoms with Gasteiger partial charge in [-0.25, -0.2) is 0 Å². The van der Waals surface area contributed by atoms with Crippen molar-refractivity contribution in [2.75, 3.05) is 0 Å². The second-order valence-electron chi connectivity index (χ2n) is 6.02. The predicted octanol–water partition coefficient (Wildman–Crippen LogP) is 6.40. The molecule has 0 saturated heterocycles. The molecule has 3 rings (SSSR count). The number of benzene rings is 3. The van der Waals surface area contributed by atoms with E-state index in [1.54, 1.807) is 0 Å². The number of hydrogen-bond acceptors (Lipinski definition) is 2. The molecular formula is C23H18BrNO. The van der Waals surface area contributed by atoms with Crippen LogP contribution in [0.2, 0.25) is 0 Å². The number of halogens is 1. The van der Waals surface area contributed by atoms with Crippen LogP contribution in [0.1, 0.15) is 22.3 Å². The fraction of sp³-hybridized carbons (Fsp3) is 0.0870. The summed E-state index contributed by atoms with van der Waals surface area (Å²) in [7, 11) is 0. The molecule has 0 fully saturated rings. The Morgan fingerprint density at radius 1 is 0.962 bits per heavy atom. The van der Waals surface area contributed by atoms with Gasteiger partial charge in [-0.05, 0) is 54.0 Å². The molecule has 0 amide bonds. The first kappa shape index (κ1) is 18.0. The van der Waals surface area contributed by atoms with Gasteiger partial charge in [0.15, 0.2) is 0 Å². The fourth-order valence-electron chi connectivity index (χ4n) is 2.49. The third-order valence-electron chi connectivity index (χ3n) is 3.99. The lowest BCUT2D eigenvalue weighted by molar-refractivity contribution is 0.306. The van der Waals surface area contributed by atoms with E-state index >= 15 is 0 Å². The number of nitriles is 1. The molecular weight excluding hydrogens is 386 g/mol. The van der Waals surface area contributed by atoms with E-state index in [1.165, 1.54) is 5.56 Å². The highest BCUT2D eigenvalue weighted by Gasteiger charge is 2.02. The zero-order valence-corrected chi connectivity index (χ0v) is 16.0. The average molecular weight is 404 g/mol. The number of ether oxygens (including phenoxy) is 1. The van der Waals surface area contributed by atoms with Crippen molar-refractivity contribution in [2.45, 2.75) is 13.5 Å². The van der Waals surface area contributed by atoms with Crippen LogP contribution in [-0.2, 0) is 6.61 Å². The van der Waals surface area contributed by atoms with Gasteiger partial charge in [0, 0.05) is 4.47 Å². The minimum atomic E-state index is 0.539. The van der Waals surface area contributed by atoms with Gasteiger partial charge in [0.2, 0.25) is 0 Å². The molecule has 0 atom stereocenters. The number of allylic oxidation sites excluding steroid dienone is 1. The van der Waals surface area contributed by atoms with E-state index < -0.39 is 0 Å². The van der Waals surface area contributed by atoms with Gasteiger partial charge in [-0.15, -0.1) is 0 Å². The summed E-state index contributed by atoms with van der Waals surface area (Å²) < 4.78 is 6.82. The molecule has 0 aliphatic heterocycles. The monoisotopic (exact) mass is 403 g/mol. The largest absolute Gasteiger partial charge is 0.489 e. The lowest BCUT2D eigenvalue weighted by Crippen LogP contribution is -1.95. The summed E-state index contributed by atoms with van der Waals surface area (Å²) in [6.45, 7) is 2.61. The molecule has 0 unspecified atom stereocenters. The van der Waals surface area contributed by atoms with Crippen LogP contribution in [-0.4, -0.2) is 0 Å². The third-order valence-corrected chi connectivity index (χ3v) is 4.52. The average Bonchev–Trinajstić information content (AvgIpc) is 2.67. The molecule has 0 aliphatic carbocycles. The summed E-state index contributed by atoms with van der Waals surface area (Å²) >= 11 is 3.41. The second kappa shape index (κ2) is 8.51. The Balaban J connectivity index is 1.69. The van der Waals surface area contributed by atoms with Crippen molar-refractivity contribution in [2.24, 2.45) is 0 Å². The summed E-state index contributed by atoms with van der Waals surface area (Å²) in [5.74, 6) is 0.810. The molecule has 0 spiro atoms. The molecule has 0 aliphatic rings. The molecule has 3 aromatic carbocycles. The highest BCUT2D eigenvalue weighted by Crippen LogP contribution is 2.22. The van der Waals surface area contributed by atoms with Crippen molar-refractivity contribution in [1.29, 1.82) is 5.26 Å². The summed E-state index contributed by atoms with van der Waals surface area (Å²) in [4.78, 5) is 0. The molecule has 2 nitrogen and oxygen atoms in total. The van der Waals surface area contributed by atoms with Crippen LogP contribution in [0.4, 0.5) is 0 Å². The van der Waals surface area contributed by atoms with Crippen LogP contribution in [0.3, 0.4) is 0 Å². The van der Waals surface area contributed by atoms with Crippen molar-refractivity contribution in [1.82, 2.24) is 0 Å². The van der Waals surface area contributed by atoms with Gasteiger partial charge in [-0.2, -0.15) is 5.26 Å². The van der Waals surface area contributed by atoms with E-state index in [2.05, 4.69) is 53.2 Å². The Hall–Kier alpha value is -2.83. The van der Waals surface area contributed by atoms with E-state index in [1.807, 2.05) is 54.6 Å². The quantitative estimate of drug-likeness (QED) is 0.364. The molecule has 0 heterocycles. The maximum absolute atomic E-state index is 9.44. The van der Waals surface area contributed by atoms with Gasteiger partial charge in [0.25, 0.3) is 0 Å². The van der Waals surface area contributed by atoms with Crippen molar-refractivity contribution >= 4 is 27.6 Å². The Bertz CT molecular complexity index is 933. The van der Waals surface area contributed by atoms with E-state index in [4.69, 9.17) is 4.74 Å². The summed E-state index contributed by atoms with van der Waals surface area (Å²) in [5, 5.41) is 9.44. The van der Waals surface area contributed by atoms with Gasteiger partial charge in [-0.1, -0.05) is 70.0 Å². The summed E-state index contributed by atoms with van der Waals surface area (Å²) in [5.41, 5.74) is 4.87. The standard InChI is InChI=1S/C23H18BrNO/c1-17-2-4-19(5-3-17)16-26-23-12-6-18(7-13-23)14-21(15-25)20-8-10-22(24)11-9-20/h2-14H,16H2,1H3/b21-14-. The van der Waals surface area contributed by atoms with Crippen LogP contribution < -0.4 is 4.74 Å². The number of hydrogen-bond donors (Lipinski definition) is 0. The molecule has 0 N–H and O–H groups in total. The Labute approximate surface area is 162 Å². The van der Waals surface area contributed by atoms with Crippen molar-refractivity contribution in [3.63, 3.8) is 0 Å². The lowest BCUT2D eigenvalue weighted by atomic mass is 10.0. The highest BCUT2D eigenvalue weighted by atomic mass is 79.9. The second-order valence-corrected chi connectivity index (χ2v) is 6.94. The van der Waals surface area contributed by atoms with E-state index in [0.717, 1.165) is 26.9 Å². The van der Waals surface area contributed by atoms with Gasteiger partial charge in [0.1, 0.15) is 12.4 Å². The van der Waals surface area contributed by atoms with Crippen molar-refractivity contribution in [3.05, 3.63) is 99.5 Å². The summed E-state index contributed by atoms with van der Waals surface area (Å²) in [6, 6.07) is 26.1. The number of rotatable bonds is 5. The zero-order valence-electron chi connectivity index (χ0n) is 14.4. The molecule has 26 heavy (non-hydrogen) atoms. The van der Waals surface area contributed by atoms with Crippen LogP contribution in [0, 0.1) is 18.3 Å². The zero-order chi connectivity index (χ0) is 18.4. The van der Waals surface area contributed by atoms with E-state index in [-0.39, 0.29) is 0 Å². The Morgan fingerprint density at radius 2 is 1.62 bits per heavy atom. The van der Waals surface area contributed by atoms with Crippen molar-refractivity contribution in [3.8, 4) is 11.8 Å². The molecule has 128 valence electrons. The first-order valence-corrected chi connectivity index (χ1v) is 9.09. The molecule has 0 aromatic heterocycles. The minimum Gasteiger partial charge on any atom is -0.489 e. The smallest absolute Gasteiger partial charge is 0.119 e. The molecule has 3 aromatic rings. The first-order chi connectivity index (χ1) is 12.6. The Morgan fingerprint density at radius 3 is 2.23 bits per heavy atom. The van der Waals surface area contributed by atoms with Crippen LogP contribution in [0.5, 0.6) is 5.75 Å². The van der Waals surface area contributed by atoms with Crippen molar-refractivity contribution < 1.29 is 4.74 Å². The molecule has 3 heteroatoms. The Kier molecular flexibility index (Phi) is 5.88. The van der Waals surface area contributed by atoms with Gasteiger partial charge < -0.3 is 4.74 Å². The topological polar surface area (TPSA) is 33.0 Å². The summed E-state index contributed by atoms with van der Waals surface area (Å²) in [6.07, 6.45) is 1.88. The molecule has 0 saturated carbocycles. The fourth-order valence-corrected chi connectivity index (χ4v) is 2.75.